The van der Waals surface area contributed by atoms with E-state index in [4.69, 9.17) is 21.6 Å². The lowest BCUT2D eigenvalue weighted by Crippen LogP contribution is -1.93. The summed E-state index contributed by atoms with van der Waals surface area (Å²) >= 11 is 5.92. The number of rotatable bonds is 2. The van der Waals surface area contributed by atoms with E-state index in [0.29, 0.717) is 0 Å². The van der Waals surface area contributed by atoms with Gasteiger partial charge >= 0.3 is 0 Å². The molecule has 0 aliphatic carbocycles. The fourth-order valence-electron chi connectivity index (χ4n) is 1.37. The van der Waals surface area contributed by atoms with Gasteiger partial charge in [0.1, 0.15) is 11.1 Å². The van der Waals surface area contributed by atoms with Crippen LogP contribution in [0.1, 0.15) is 11.1 Å². The van der Waals surface area contributed by atoms with Crippen molar-refractivity contribution in [1.29, 1.82) is 5.26 Å². The minimum Gasteiger partial charge on any atom is -0.434 e. The van der Waals surface area contributed by atoms with Gasteiger partial charge in [-0.3, -0.25) is 0 Å². The zero-order valence-corrected chi connectivity index (χ0v) is 10.2. The van der Waals surface area contributed by atoms with Crippen molar-refractivity contribution in [1.82, 2.24) is 4.98 Å². The summed E-state index contributed by atoms with van der Waals surface area (Å²) in [5.74, 6) is -0.472. The van der Waals surface area contributed by atoms with Crippen LogP contribution in [0.3, 0.4) is 0 Å². The molecule has 0 spiro atoms. The van der Waals surface area contributed by atoms with Crippen molar-refractivity contribution in [2.75, 3.05) is 0 Å². The number of hydrogen-bond acceptors (Lipinski definition) is 3. The van der Waals surface area contributed by atoms with E-state index in [9.17, 15) is 4.39 Å². The highest BCUT2D eigenvalue weighted by molar-refractivity contribution is 6.33. The molecule has 2 aromatic rings. The fourth-order valence-corrected chi connectivity index (χ4v) is 1.57. The number of aryl methyl sites for hydroxylation is 1. The Hall–Kier alpha value is -2.12. The molecule has 1 aromatic heterocycles. The van der Waals surface area contributed by atoms with E-state index in [1.54, 1.807) is 6.07 Å². The highest BCUT2D eigenvalue weighted by atomic mass is 35.5. The molecule has 3 nitrogen and oxygen atoms in total. The minimum absolute atomic E-state index is 0.0141. The number of aromatic nitrogens is 1. The Morgan fingerprint density at radius 1 is 1.39 bits per heavy atom. The van der Waals surface area contributed by atoms with Gasteiger partial charge in [0.15, 0.2) is 11.6 Å². The maximum atomic E-state index is 13.5. The van der Waals surface area contributed by atoms with Crippen molar-refractivity contribution in [2.24, 2.45) is 0 Å². The van der Waals surface area contributed by atoms with Gasteiger partial charge in [-0.05, 0) is 30.7 Å². The SMILES string of the molecule is Cc1ccc(F)c(Oc2nccc(C#N)c2Cl)c1. The summed E-state index contributed by atoms with van der Waals surface area (Å²) in [4.78, 5) is 3.88. The van der Waals surface area contributed by atoms with Crippen LogP contribution in [0.5, 0.6) is 11.6 Å². The monoisotopic (exact) mass is 262 g/mol. The van der Waals surface area contributed by atoms with Gasteiger partial charge in [0, 0.05) is 6.20 Å². The molecule has 0 radical (unpaired) electrons. The van der Waals surface area contributed by atoms with Gasteiger partial charge in [-0.15, -0.1) is 0 Å². The second-order valence-corrected chi connectivity index (χ2v) is 4.00. The molecule has 2 rings (SSSR count). The van der Waals surface area contributed by atoms with Gasteiger partial charge < -0.3 is 4.74 Å². The number of nitriles is 1. The molecule has 0 aliphatic heterocycles. The predicted molar refractivity (Wildman–Crippen MR) is 65.2 cm³/mol. The Balaban J connectivity index is 2.41. The van der Waals surface area contributed by atoms with Crippen molar-refractivity contribution in [3.63, 3.8) is 0 Å². The zero-order chi connectivity index (χ0) is 13.1. The lowest BCUT2D eigenvalue weighted by Gasteiger charge is -2.08. The van der Waals surface area contributed by atoms with E-state index < -0.39 is 5.82 Å². The summed E-state index contributed by atoms with van der Waals surface area (Å²) in [6, 6.07) is 7.82. The largest absolute Gasteiger partial charge is 0.434 e. The van der Waals surface area contributed by atoms with Crippen LogP contribution in [0.2, 0.25) is 5.02 Å². The molecule has 0 saturated carbocycles. The lowest BCUT2D eigenvalue weighted by atomic mass is 10.2. The van der Waals surface area contributed by atoms with E-state index in [0.717, 1.165) is 5.56 Å². The average Bonchev–Trinajstić information content (AvgIpc) is 2.36. The van der Waals surface area contributed by atoms with Crippen LogP contribution in [-0.4, -0.2) is 4.98 Å². The summed E-state index contributed by atoms with van der Waals surface area (Å²) in [6.07, 6.45) is 1.38. The third-order valence-corrected chi connectivity index (χ3v) is 2.64. The number of halogens is 2. The molecular formula is C13H8ClFN2O. The van der Waals surface area contributed by atoms with Crippen molar-refractivity contribution in [3.05, 3.63) is 52.4 Å². The van der Waals surface area contributed by atoms with E-state index in [1.807, 2.05) is 13.0 Å². The molecule has 0 unspecified atom stereocenters. The Bertz CT molecular complexity index is 637. The van der Waals surface area contributed by atoms with Gasteiger partial charge in [-0.25, -0.2) is 9.37 Å². The maximum Gasteiger partial charge on any atom is 0.239 e. The third-order valence-electron chi connectivity index (χ3n) is 2.27. The Morgan fingerprint density at radius 2 is 2.17 bits per heavy atom. The first kappa shape index (κ1) is 12.3. The second-order valence-electron chi connectivity index (χ2n) is 3.63. The lowest BCUT2D eigenvalue weighted by molar-refractivity contribution is 0.427. The smallest absolute Gasteiger partial charge is 0.239 e. The topological polar surface area (TPSA) is 45.9 Å². The quantitative estimate of drug-likeness (QED) is 0.826. The minimum atomic E-state index is -0.513. The standard InChI is InChI=1S/C13H8ClFN2O/c1-8-2-3-10(15)11(6-8)18-13-12(14)9(7-16)4-5-17-13/h2-6H,1H3. The van der Waals surface area contributed by atoms with Crippen molar-refractivity contribution >= 4 is 11.6 Å². The summed E-state index contributed by atoms with van der Waals surface area (Å²) in [7, 11) is 0. The summed E-state index contributed by atoms with van der Waals surface area (Å²) in [5, 5.41) is 8.89. The molecule has 1 heterocycles. The molecule has 0 fully saturated rings. The van der Waals surface area contributed by atoms with E-state index in [1.165, 1.54) is 24.4 Å². The van der Waals surface area contributed by atoms with Crippen molar-refractivity contribution < 1.29 is 9.13 Å². The number of hydrogen-bond donors (Lipinski definition) is 0. The molecular weight excluding hydrogens is 255 g/mol. The Labute approximate surface area is 108 Å². The van der Waals surface area contributed by atoms with E-state index in [2.05, 4.69) is 4.98 Å². The number of nitrogens with zero attached hydrogens (tertiary/aromatic N) is 2. The van der Waals surface area contributed by atoms with Gasteiger partial charge in [0.25, 0.3) is 0 Å². The Morgan fingerprint density at radius 3 is 2.89 bits per heavy atom. The first-order valence-corrected chi connectivity index (χ1v) is 5.48. The number of pyridine rings is 1. The summed E-state index contributed by atoms with van der Waals surface area (Å²) < 4.78 is 18.8. The predicted octanol–water partition coefficient (Wildman–Crippen LogP) is 3.85. The molecule has 5 heteroatoms. The van der Waals surface area contributed by atoms with Crippen molar-refractivity contribution in [2.45, 2.75) is 6.92 Å². The first-order chi connectivity index (χ1) is 8.61. The van der Waals surface area contributed by atoms with Crippen LogP contribution in [0.25, 0.3) is 0 Å². The van der Waals surface area contributed by atoms with Gasteiger partial charge in [-0.1, -0.05) is 17.7 Å². The van der Waals surface area contributed by atoms with Crippen LogP contribution in [0.4, 0.5) is 4.39 Å². The molecule has 0 aliphatic rings. The van der Waals surface area contributed by atoms with Crippen LogP contribution >= 0.6 is 11.6 Å². The molecule has 0 saturated heterocycles. The molecule has 0 N–H and O–H groups in total. The molecule has 90 valence electrons. The fraction of sp³-hybridized carbons (Fsp3) is 0.0769. The van der Waals surface area contributed by atoms with Crippen LogP contribution < -0.4 is 4.74 Å². The summed E-state index contributed by atoms with van der Waals surface area (Å²) in [5.41, 5.74) is 1.08. The highest BCUT2D eigenvalue weighted by Crippen LogP contribution is 2.31. The van der Waals surface area contributed by atoms with Gasteiger partial charge in [-0.2, -0.15) is 5.26 Å². The van der Waals surface area contributed by atoms with Gasteiger partial charge in [0.05, 0.1) is 5.56 Å². The van der Waals surface area contributed by atoms with Crippen LogP contribution in [0, 0.1) is 24.1 Å². The third kappa shape index (κ3) is 2.41. The highest BCUT2D eigenvalue weighted by Gasteiger charge is 2.12. The van der Waals surface area contributed by atoms with Gasteiger partial charge in [0.2, 0.25) is 5.88 Å². The molecule has 0 amide bonds. The maximum absolute atomic E-state index is 13.5. The molecule has 0 atom stereocenters. The van der Waals surface area contributed by atoms with Crippen molar-refractivity contribution in [3.8, 4) is 17.7 Å². The number of ether oxygens (including phenoxy) is 1. The molecule has 18 heavy (non-hydrogen) atoms. The number of benzene rings is 1. The zero-order valence-electron chi connectivity index (χ0n) is 9.45. The molecule has 0 bridgehead atoms. The first-order valence-electron chi connectivity index (χ1n) is 5.10. The van der Waals surface area contributed by atoms with Crippen LogP contribution in [-0.2, 0) is 0 Å². The Kier molecular flexibility index (Phi) is 3.45. The molecule has 1 aromatic carbocycles. The second kappa shape index (κ2) is 5.03. The normalized spacial score (nSPS) is 9.89. The summed E-state index contributed by atoms with van der Waals surface area (Å²) in [6.45, 7) is 1.81. The van der Waals surface area contributed by atoms with Crippen LogP contribution in [0.15, 0.2) is 30.5 Å². The van der Waals surface area contributed by atoms with E-state index >= 15 is 0 Å². The average molecular weight is 263 g/mol. The van der Waals surface area contributed by atoms with E-state index in [-0.39, 0.29) is 22.2 Å².